The van der Waals surface area contributed by atoms with Crippen LogP contribution in [0, 0.1) is 11.8 Å². The largest absolute Gasteiger partial charge is 0.299 e. The van der Waals surface area contributed by atoms with Gasteiger partial charge in [0.15, 0.2) is 0 Å². The Labute approximate surface area is 93.3 Å². The van der Waals surface area contributed by atoms with Crippen LogP contribution in [-0.4, -0.2) is 5.78 Å². The van der Waals surface area contributed by atoms with Crippen LogP contribution >= 0.6 is 0 Å². The molecule has 0 spiro atoms. The lowest BCUT2D eigenvalue weighted by Gasteiger charge is -1.96. The Morgan fingerprint density at radius 3 is 2.73 bits per heavy atom. The van der Waals surface area contributed by atoms with E-state index in [2.05, 4.69) is 25.7 Å². The lowest BCUT2D eigenvalue weighted by atomic mass is 10.1. The maximum atomic E-state index is 11.6. The number of allylic oxidation sites excluding steroid dienone is 3. The van der Waals surface area contributed by atoms with E-state index in [1.54, 1.807) is 0 Å². The van der Waals surface area contributed by atoms with Gasteiger partial charge in [0.05, 0.1) is 0 Å². The van der Waals surface area contributed by atoms with Crippen molar-refractivity contribution in [3.8, 4) is 0 Å². The minimum Gasteiger partial charge on any atom is -0.299 e. The zero-order valence-corrected chi connectivity index (χ0v) is 9.74. The number of hydrogen-bond donors (Lipinski definition) is 0. The monoisotopic (exact) mass is 206 g/mol. The number of carbonyl (C=O) groups excluding carboxylic acids is 1. The standard InChI is InChI=1S/C14H22O/c1-3-5-6-7-8-9-10-14(15)13-11-12(13)4-2/h4,6-7,12-13H,2-3,5,8-11H2,1H3/b7-6-. The first kappa shape index (κ1) is 12.2. The summed E-state index contributed by atoms with van der Waals surface area (Å²) >= 11 is 0. The number of hydrogen-bond acceptors (Lipinski definition) is 1. The lowest BCUT2D eigenvalue weighted by Crippen LogP contribution is -2.01. The molecule has 0 aromatic rings. The van der Waals surface area contributed by atoms with Crippen molar-refractivity contribution in [2.45, 2.75) is 45.4 Å². The molecule has 15 heavy (non-hydrogen) atoms. The van der Waals surface area contributed by atoms with E-state index < -0.39 is 0 Å². The summed E-state index contributed by atoms with van der Waals surface area (Å²) in [6.45, 7) is 5.90. The number of Topliss-reactive ketones (excluding diaryl/α,β-unsaturated/α-hetero) is 1. The maximum Gasteiger partial charge on any atom is 0.136 e. The molecule has 1 fully saturated rings. The van der Waals surface area contributed by atoms with Gasteiger partial charge in [-0.15, -0.1) is 6.58 Å². The van der Waals surface area contributed by atoms with E-state index in [1.165, 1.54) is 6.42 Å². The van der Waals surface area contributed by atoms with Gasteiger partial charge in [-0.2, -0.15) is 0 Å². The van der Waals surface area contributed by atoms with Gasteiger partial charge in [-0.1, -0.05) is 31.6 Å². The zero-order chi connectivity index (χ0) is 11.1. The van der Waals surface area contributed by atoms with Crippen molar-refractivity contribution < 1.29 is 4.79 Å². The molecular formula is C14H22O. The molecular weight excluding hydrogens is 184 g/mol. The van der Waals surface area contributed by atoms with Crippen molar-refractivity contribution in [1.82, 2.24) is 0 Å². The summed E-state index contributed by atoms with van der Waals surface area (Å²) in [6, 6.07) is 0. The second kappa shape index (κ2) is 6.60. The minimum absolute atomic E-state index is 0.321. The number of carbonyl (C=O) groups is 1. The highest BCUT2D eigenvalue weighted by Gasteiger charge is 2.39. The summed E-state index contributed by atoms with van der Waals surface area (Å²) < 4.78 is 0. The topological polar surface area (TPSA) is 17.1 Å². The van der Waals surface area contributed by atoms with Crippen molar-refractivity contribution >= 4 is 5.78 Å². The predicted molar refractivity (Wildman–Crippen MR) is 64.7 cm³/mol. The first-order valence-electron chi connectivity index (χ1n) is 6.09. The molecule has 0 amide bonds. The third-order valence-electron chi connectivity index (χ3n) is 2.97. The minimum atomic E-state index is 0.321. The summed E-state index contributed by atoms with van der Waals surface area (Å²) in [5.74, 6) is 1.26. The van der Waals surface area contributed by atoms with Crippen molar-refractivity contribution in [1.29, 1.82) is 0 Å². The van der Waals surface area contributed by atoms with Crippen molar-refractivity contribution in [2.75, 3.05) is 0 Å². The molecule has 0 heterocycles. The molecule has 0 saturated heterocycles. The van der Waals surface area contributed by atoms with Crippen LogP contribution in [0.5, 0.6) is 0 Å². The second-order valence-electron chi connectivity index (χ2n) is 4.36. The molecule has 1 aliphatic carbocycles. The van der Waals surface area contributed by atoms with Crippen LogP contribution in [0.2, 0.25) is 0 Å². The molecule has 0 bridgehead atoms. The fourth-order valence-electron chi connectivity index (χ4n) is 1.83. The van der Waals surface area contributed by atoms with Gasteiger partial charge in [0.2, 0.25) is 0 Å². The van der Waals surface area contributed by atoms with Crippen molar-refractivity contribution in [3.05, 3.63) is 24.8 Å². The van der Waals surface area contributed by atoms with E-state index in [0.29, 0.717) is 17.6 Å². The van der Waals surface area contributed by atoms with Crippen LogP contribution in [0.15, 0.2) is 24.8 Å². The third-order valence-corrected chi connectivity index (χ3v) is 2.97. The Morgan fingerprint density at radius 1 is 1.40 bits per heavy atom. The molecule has 1 heteroatoms. The molecule has 84 valence electrons. The van der Waals surface area contributed by atoms with Gasteiger partial charge in [0, 0.05) is 12.3 Å². The van der Waals surface area contributed by atoms with Crippen LogP contribution < -0.4 is 0 Å². The number of ketones is 1. The Hall–Kier alpha value is -0.850. The Balaban J connectivity index is 2.01. The molecule has 0 aromatic heterocycles. The van der Waals surface area contributed by atoms with Gasteiger partial charge in [-0.25, -0.2) is 0 Å². The fourth-order valence-corrected chi connectivity index (χ4v) is 1.83. The van der Waals surface area contributed by atoms with E-state index >= 15 is 0 Å². The SMILES string of the molecule is C=CC1CC1C(=O)CCC/C=C\CCC. The van der Waals surface area contributed by atoms with E-state index in [-0.39, 0.29) is 0 Å². The van der Waals surface area contributed by atoms with Gasteiger partial charge in [0.25, 0.3) is 0 Å². The maximum absolute atomic E-state index is 11.6. The zero-order valence-electron chi connectivity index (χ0n) is 9.74. The summed E-state index contributed by atoms with van der Waals surface area (Å²) in [4.78, 5) is 11.6. The Morgan fingerprint density at radius 2 is 2.13 bits per heavy atom. The highest BCUT2D eigenvalue weighted by molar-refractivity contribution is 5.84. The smallest absolute Gasteiger partial charge is 0.136 e. The predicted octanol–water partition coefficient (Wildman–Crippen LogP) is 3.90. The highest BCUT2D eigenvalue weighted by atomic mass is 16.1. The van der Waals surface area contributed by atoms with Gasteiger partial charge in [0.1, 0.15) is 5.78 Å². The molecule has 2 atom stereocenters. The molecule has 0 aliphatic heterocycles. The molecule has 1 saturated carbocycles. The van der Waals surface area contributed by atoms with E-state index in [9.17, 15) is 4.79 Å². The quantitative estimate of drug-likeness (QED) is 0.435. The molecule has 0 radical (unpaired) electrons. The van der Waals surface area contributed by atoms with Crippen LogP contribution in [0.1, 0.15) is 45.4 Å². The molecule has 1 nitrogen and oxygen atoms in total. The summed E-state index contributed by atoms with van der Waals surface area (Å²) in [6.07, 6.45) is 12.6. The highest BCUT2D eigenvalue weighted by Crippen LogP contribution is 2.40. The molecule has 0 aromatic carbocycles. The average molecular weight is 206 g/mol. The third kappa shape index (κ3) is 4.46. The van der Waals surface area contributed by atoms with E-state index in [1.807, 2.05) is 6.08 Å². The molecule has 1 aliphatic rings. The van der Waals surface area contributed by atoms with Gasteiger partial charge >= 0.3 is 0 Å². The van der Waals surface area contributed by atoms with Crippen molar-refractivity contribution in [3.63, 3.8) is 0 Å². The number of rotatable bonds is 8. The normalized spacial score (nSPS) is 24.3. The first-order valence-corrected chi connectivity index (χ1v) is 6.09. The summed E-state index contributed by atoms with van der Waals surface area (Å²) in [7, 11) is 0. The van der Waals surface area contributed by atoms with Gasteiger partial charge in [-0.3, -0.25) is 4.79 Å². The van der Waals surface area contributed by atoms with Gasteiger partial charge in [-0.05, 0) is 31.6 Å². The van der Waals surface area contributed by atoms with Crippen LogP contribution in [0.3, 0.4) is 0 Å². The second-order valence-corrected chi connectivity index (χ2v) is 4.36. The number of unbranched alkanes of at least 4 members (excludes halogenated alkanes) is 2. The molecule has 0 N–H and O–H groups in total. The van der Waals surface area contributed by atoms with E-state index in [0.717, 1.165) is 32.1 Å². The molecule has 1 rings (SSSR count). The van der Waals surface area contributed by atoms with Crippen LogP contribution in [0.25, 0.3) is 0 Å². The van der Waals surface area contributed by atoms with Crippen molar-refractivity contribution in [2.24, 2.45) is 11.8 Å². The molecule has 2 unspecified atom stereocenters. The van der Waals surface area contributed by atoms with Crippen LogP contribution in [-0.2, 0) is 4.79 Å². The average Bonchev–Trinajstić information content (AvgIpc) is 3.02. The van der Waals surface area contributed by atoms with Gasteiger partial charge < -0.3 is 0 Å². The summed E-state index contributed by atoms with van der Waals surface area (Å²) in [5, 5.41) is 0. The first-order chi connectivity index (χ1) is 7.29. The fraction of sp³-hybridized carbons (Fsp3) is 0.643. The Kier molecular flexibility index (Phi) is 5.38. The van der Waals surface area contributed by atoms with E-state index in [4.69, 9.17) is 0 Å². The van der Waals surface area contributed by atoms with Crippen LogP contribution in [0.4, 0.5) is 0 Å². The lowest BCUT2D eigenvalue weighted by molar-refractivity contribution is -0.120. The summed E-state index contributed by atoms with van der Waals surface area (Å²) in [5.41, 5.74) is 0. The Bertz CT molecular complexity index is 240.